The van der Waals surface area contributed by atoms with Crippen molar-refractivity contribution in [1.82, 2.24) is 14.9 Å². The van der Waals surface area contributed by atoms with Crippen LogP contribution in [0, 0.1) is 4.77 Å². The third-order valence-corrected chi connectivity index (χ3v) is 5.49. The Hall–Kier alpha value is -2.03. The lowest BCUT2D eigenvalue weighted by atomic mass is 10.1. The number of fused-ring (bicyclic) bond motifs is 1. The molecule has 0 spiro atoms. The molecule has 2 atom stereocenters. The van der Waals surface area contributed by atoms with Crippen molar-refractivity contribution >= 4 is 29.0 Å². The van der Waals surface area contributed by atoms with Gasteiger partial charge in [-0.15, -0.1) is 0 Å². The molecule has 2 aromatic rings. The summed E-state index contributed by atoms with van der Waals surface area (Å²) in [6, 6.07) is 5.02. The van der Waals surface area contributed by atoms with E-state index in [1.54, 1.807) is 22.8 Å². The number of aromatic nitrogens is 2. The first-order valence-electron chi connectivity index (χ1n) is 9.40. The fraction of sp³-hybridized carbons (Fsp3) is 0.526. The topological polar surface area (TPSA) is 85.3 Å². The summed E-state index contributed by atoms with van der Waals surface area (Å²) >= 11 is 5.37. The molecular weight excluding hydrogens is 366 g/mol. The number of carbonyl (C=O) groups is 1. The molecule has 2 saturated heterocycles. The summed E-state index contributed by atoms with van der Waals surface area (Å²) in [6.07, 6.45) is 4.06. The third-order valence-electron chi connectivity index (χ3n) is 5.17. The van der Waals surface area contributed by atoms with Crippen molar-refractivity contribution in [3.8, 4) is 0 Å². The molecule has 144 valence electrons. The Bertz CT molecular complexity index is 956. The van der Waals surface area contributed by atoms with E-state index in [0.717, 1.165) is 38.9 Å². The average Bonchev–Trinajstić information content (AvgIpc) is 3.36. The van der Waals surface area contributed by atoms with E-state index in [4.69, 9.17) is 21.7 Å². The Balaban J connectivity index is 1.56. The van der Waals surface area contributed by atoms with Gasteiger partial charge in [0, 0.05) is 25.3 Å². The highest BCUT2D eigenvalue weighted by molar-refractivity contribution is 7.71. The summed E-state index contributed by atoms with van der Waals surface area (Å²) < 4.78 is 13.0. The van der Waals surface area contributed by atoms with Gasteiger partial charge in [0.25, 0.3) is 11.5 Å². The minimum Gasteiger partial charge on any atom is -0.376 e. The maximum absolute atomic E-state index is 12.8. The number of rotatable bonds is 5. The Morgan fingerprint density at radius 1 is 1.22 bits per heavy atom. The van der Waals surface area contributed by atoms with Gasteiger partial charge in [-0.1, -0.05) is 0 Å². The summed E-state index contributed by atoms with van der Waals surface area (Å²) in [5.74, 6) is -0.185. The largest absolute Gasteiger partial charge is 0.376 e. The van der Waals surface area contributed by atoms with Crippen molar-refractivity contribution in [3.63, 3.8) is 0 Å². The lowest BCUT2D eigenvalue weighted by Gasteiger charge is -2.13. The van der Waals surface area contributed by atoms with E-state index < -0.39 is 0 Å². The lowest BCUT2D eigenvalue weighted by Crippen LogP contribution is -2.32. The van der Waals surface area contributed by atoms with E-state index in [9.17, 15) is 9.59 Å². The number of hydrogen-bond donors (Lipinski definition) is 2. The molecule has 2 N–H and O–H groups in total. The van der Waals surface area contributed by atoms with Crippen LogP contribution in [0.5, 0.6) is 0 Å². The van der Waals surface area contributed by atoms with Crippen molar-refractivity contribution in [2.45, 2.75) is 44.4 Å². The fourth-order valence-electron chi connectivity index (χ4n) is 3.67. The van der Waals surface area contributed by atoms with Crippen LogP contribution in [-0.2, 0) is 16.0 Å². The van der Waals surface area contributed by atoms with Crippen LogP contribution < -0.4 is 10.9 Å². The van der Waals surface area contributed by atoms with Gasteiger partial charge in [-0.2, -0.15) is 0 Å². The molecule has 0 unspecified atom stereocenters. The molecule has 7 nitrogen and oxygen atoms in total. The molecule has 0 radical (unpaired) electrons. The summed E-state index contributed by atoms with van der Waals surface area (Å²) in [7, 11) is 0. The minimum atomic E-state index is -0.185. The van der Waals surface area contributed by atoms with Crippen molar-refractivity contribution in [3.05, 3.63) is 38.9 Å². The first-order chi connectivity index (χ1) is 13.1. The Labute approximate surface area is 161 Å². The van der Waals surface area contributed by atoms with E-state index in [0.29, 0.717) is 34.3 Å². The van der Waals surface area contributed by atoms with E-state index >= 15 is 0 Å². The van der Waals surface area contributed by atoms with E-state index in [-0.39, 0.29) is 23.7 Å². The number of carbonyl (C=O) groups excluding carboxylic acids is 1. The Morgan fingerprint density at radius 2 is 1.96 bits per heavy atom. The third kappa shape index (κ3) is 3.97. The molecule has 2 aliphatic heterocycles. The quantitative estimate of drug-likeness (QED) is 0.766. The van der Waals surface area contributed by atoms with Gasteiger partial charge >= 0.3 is 0 Å². The highest BCUT2D eigenvalue weighted by Crippen LogP contribution is 2.16. The number of hydrogen-bond acceptors (Lipinski definition) is 5. The smallest absolute Gasteiger partial charge is 0.262 e. The molecule has 2 aliphatic rings. The molecule has 0 aliphatic carbocycles. The number of H-pyrrole nitrogens is 1. The van der Waals surface area contributed by atoms with E-state index in [2.05, 4.69) is 10.3 Å². The van der Waals surface area contributed by atoms with E-state index in [1.807, 2.05) is 0 Å². The molecule has 2 fully saturated rings. The van der Waals surface area contributed by atoms with Gasteiger partial charge in [-0.25, -0.2) is 0 Å². The molecule has 27 heavy (non-hydrogen) atoms. The predicted molar refractivity (Wildman–Crippen MR) is 104 cm³/mol. The summed E-state index contributed by atoms with van der Waals surface area (Å²) in [6.45, 7) is 2.43. The summed E-state index contributed by atoms with van der Waals surface area (Å²) in [5, 5.41) is 3.40. The standard InChI is InChI=1S/C19H23N3O4S/c23-17(20-10-13-3-1-7-25-13)12-5-6-15-16(9-12)21-19(27)22(18(15)24)11-14-4-2-8-26-14/h5-6,9,13-14H,1-4,7-8,10-11H2,(H,20,23)(H,21,27)/t13-,14-/m0/s1. The zero-order chi connectivity index (χ0) is 18.8. The van der Waals surface area contributed by atoms with Crippen molar-refractivity contribution in [2.75, 3.05) is 19.8 Å². The second-order valence-electron chi connectivity index (χ2n) is 7.09. The molecule has 4 rings (SSSR count). The first kappa shape index (κ1) is 18.3. The molecule has 1 aromatic heterocycles. The van der Waals surface area contributed by atoms with Crippen LogP contribution in [0.2, 0.25) is 0 Å². The molecule has 1 aromatic carbocycles. The monoisotopic (exact) mass is 389 g/mol. The second kappa shape index (κ2) is 7.92. The van der Waals surface area contributed by atoms with Crippen LogP contribution in [0.3, 0.4) is 0 Å². The average molecular weight is 389 g/mol. The number of benzene rings is 1. The van der Waals surface area contributed by atoms with Gasteiger partial charge in [0.15, 0.2) is 4.77 Å². The number of ether oxygens (including phenoxy) is 2. The minimum absolute atomic E-state index is 0.0260. The fourth-order valence-corrected chi connectivity index (χ4v) is 3.93. The highest BCUT2D eigenvalue weighted by Gasteiger charge is 2.19. The maximum atomic E-state index is 12.8. The highest BCUT2D eigenvalue weighted by atomic mass is 32.1. The lowest BCUT2D eigenvalue weighted by molar-refractivity contribution is 0.0858. The number of aromatic amines is 1. The van der Waals surface area contributed by atoms with Crippen LogP contribution in [0.25, 0.3) is 10.9 Å². The zero-order valence-corrected chi connectivity index (χ0v) is 15.8. The molecule has 0 bridgehead atoms. The van der Waals surface area contributed by atoms with Crippen LogP contribution in [-0.4, -0.2) is 47.4 Å². The van der Waals surface area contributed by atoms with Crippen molar-refractivity contribution < 1.29 is 14.3 Å². The maximum Gasteiger partial charge on any atom is 0.262 e. The molecule has 3 heterocycles. The van der Waals surface area contributed by atoms with Gasteiger partial charge in [-0.3, -0.25) is 14.2 Å². The molecule has 1 amide bonds. The SMILES string of the molecule is O=C(NC[C@@H]1CCCO1)c1ccc2c(=O)n(C[C@@H]3CCCO3)c(=S)[nH]c2c1. The number of nitrogens with zero attached hydrogens (tertiary/aromatic N) is 1. The van der Waals surface area contributed by atoms with Crippen LogP contribution >= 0.6 is 12.2 Å². The van der Waals surface area contributed by atoms with Crippen LogP contribution in [0.4, 0.5) is 0 Å². The summed E-state index contributed by atoms with van der Waals surface area (Å²) in [4.78, 5) is 28.3. The predicted octanol–water partition coefficient (Wildman–Crippen LogP) is 2.15. The number of nitrogens with one attached hydrogen (secondary N) is 2. The van der Waals surface area contributed by atoms with Gasteiger partial charge in [0.1, 0.15) is 0 Å². The van der Waals surface area contributed by atoms with E-state index in [1.165, 1.54) is 0 Å². The zero-order valence-electron chi connectivity index (χ0n) is 15.0. The number of amides is 1. The van der Waals surface area contributed by atoms with Crippen LogP contribution in [0.1, 0.15) is 36.0 Å². The van der Waals surface area contributed by atoms with Gasteiger partial charge in [-0.05, 0) is 56.1 Å². The van der Waals surface area contributed by atoms with Crippen LogP contribution in [0.15, 0.2) is 23.0 Å². The molecule has 8 heteroatoms. The molecule has 0 saturated carbocycles. The van der Waals surface area contributed by atoms with Gasteiger partial charge in [0.05, 0.1) is 29.7 Å². The Kier molecular flexibility index (Phi) is 5.38. The normalized spacial score (nSPS) is 22.4. The second-order valence-corrected chi connectivity index (χ2v) is 7.47. The first-order valence-corrected chi connectivity index (χ1v) is 9.81. The van der Waals surface area contributed by atoms with Crippen molar-refractivity contribution in [2.24, 2.45) is 0 Å². The van der Waals surface area contributed by atoms with Crippen molar-refractivity contribution in [1.29, 1.82) is 0 Å². The van der Waals surface area contributed by atoms with Gasteiger partial charge < -0.3 is 19.8 Å². The Morgan fingerprint density at radius 3 is 2.67 bits per heavy atom. The van der Waals surface area contributed by atoms with Gasteiger partial charge in [0.2, 0.25) is 0 Å². The molecular formula is C19H23N3O4S. The summed E-state index contributed by atoms with van der Waals surface area (Å²) in [5.41, 5.74) is 0.899.